The first-order valence-corrected chi connectivity index (χ1v) is 5.56. The van der Waals surface area contributed by atoms with Crippen molar-refractivity contribution in [2.24, 2.45) is 0 Å². The fourth-order valence-electron chi connectivity index (χ4n) is 1.37. The van der Waals surface area contributed by atoms with Crippen molar-refractivity contribution in [2.75, 3.05) is 19.8 Å². The number of pyridine rings is 1. The second-order valence-corrected chi connectivity index (χ2v) is 3.48. The van der Waals surface area contributed by atoms with E-state index in [9.17, 15) is 0 Å². The van der Waals surface area contributed by atoms with Crippen LogP contribution in [-0.4, -0.2) is 24.7 Å². The Morgan fingerprint density at radius 2 is 2.33 bits per heavy atom. The third-order valence-corrected chi connectivity index (χ3v) is 2.25. The summed E-state index contributed by atoms with van der Waals surface area (Å²) in [5.41, 5.74) is 1.09. The number of hydrogen-bond acceptors (Lipinski definition) is 3. The molecule has 0 saturated carbocycles. The van der Waals surface area contributed by atoms with E-state index in [4.69, 9.17) is 4.74 Å². The molecule has 1 aromatic heterocycles. The Labute approximate surface area is 91.9 Å². The minimum absolute atomic E-state index is 0.313. The molecular formula is C12H20N2O. The average Bonchev–Trinajstić information content (AvgIpc) is 2.30. The fourth-order valence-corrected chi connectivity index (χ4v) is 1.37. The van der Waals surface area contributed by atoms with Gasteiger partial charge in [0.2, 0.25) is 0 Å². The lowest BCUT2D eigenvalue weighted by Gasteiger charge is -2.12. The van der Waals surface area contributed by atoms with E-state index in [2.05, 4.69) is 17.2 Å². The molecule has 1 rings (SSSR count). The van der Waals surface area contributed by atoms with Gasteiger partial charge in [0.25, 0.3) is 0 Å². The fraction of sp³-hybridized carbons (Fsp3) is 0.583. The van der Waals surface area contributed by atoms with Crippen LogP contribution < -0.4 is 5.32 Å². The lowest BCUT2D eigenvalue weighted by molar-refractivity contribution is 0.144. The third kappa shape index (κ3) is 4.91. The summed E-state index contributed by atoms with van der Waals surface area (Å²) in [6.07, 6.45) is 2.87. The van der Waals surface area contributed by atoms with E-state index in [0.29, 0.717) is 6.04 Å². The molecule has 15 heavy (non-hydrogen) atoms. The molecule has 0 saturated heterocycles. The number of aromatic nitrogens is 1. The van der Waals surface area contributed by atoms with E-state index in [1.807, 2.05) is 31.3 Å². The summed E-state index contributed by atoms with van der Waals surface area (Å²) < 4.78 is 5.27. The van der Waals surface area contributed by atoms with Gasteiger partial charge in [0.05, 0.1) is 5.69 Å². The topological polar surface area (TPSA) is 34.1 Å². The number of hydrogen-bond donors (Lipinski definition) is 1. The van der Waals surface area contributed by atoms with Crippen LogP contribution in [0.2, 0.25) is 0 Å². The Kier molecular flexibility index (Phi) is 5.97. The Balaban J connectivity index is 2.16. The highest BCUT2D eigenvalue weighted by Gasteiger charge is 2.03. The van der Waals surface area contributed by atoms with Crippen LogP contribution in [0.15, 0.2) is 24.4 Å². The van der Waals surface area contributed by atoms with Gasteiger partial charge in [0, 0.05) is 25.5 Å². The Hall–Kier alpha value is -0.930. The molecule has 0 unspecified atom stereocenters. The monoisotopic (exact) mass is 208 g/mol. The summed E-state index contributed by atoms with van der Waals surface area (Å²) in [6.45, 7) is 6.75. The van der Waals surface area contributed by atoms with Gasteiger partial charge in [-0.1, -0.05) is 6.07 Å². The zero-order valence-corrected chi connectivity index (χ0v) is 9.57. The summed E-state index contributed by atoms with van der Waals surface area (Å²) in [5.74, 6) is 0. The summed E-state index contributed by atoms with van der Waals surface area (Å²) in [4.78, 5) is 4.30. The van der Waals surface area contributed by atoms with Gasteiger partial charge in [-0.2, -0.15) is 0 Å². The van der Waals surface area contributed by atoms with Crippen molar-refractivity contribution in [3.63, 3.8) is 0 Å². The molecule has 1 atom stereocenters. The third-order valence-electron chi connectivity index (χ3n) is 2.25. The zero-order valence-electron chi connectivity index (χ0n) is 9.57. The molecule has 0 aromatic carbocycles. The van der Waals surface area contributed by atoms with Crippen LogP contribution in [-0.2, 0) is 4.74 Å². The van der Waals surface area contributed by atoms with Gasteiger partial charge in [-0.15, -0.1) is 0 Å². The highest BCUT2D eigenvalue weighted by atomic mass is 16.5. The molecular weight excluding hydrogens is 188 g/mol. The number of nitrogens with one attached hydrogen (secondary N) is 1. The smallest absolute Gasteiger partial charge is 0.0570 e. The quantitative estimate of drug-likeness (QED) is 0.697. The van der Waals surface area contributed by atoms with Gasteiger partial charge < -0.3 is 10.1 Å². The van der Waals surface area contributed by atoms with Gasteiger partial charge in [-0.3, -0.25) is 4.98 Å². The van der Waals surface area contributed by atoms with E-state index in [1.54, 1.807) is 0 Å². The van der Waals surface area contributed by atoms with Crippen LogP contribution in [0.4, 0.5) is 0 Å². The van der Waals surface area contributed by atoms with Crippen LogP contribution in [0.5, 0.6) is 0 Å². The van der Waals surface area contributed by atoms with Crippen molar-refractivity contribution in [2.45, 2.75) is 26.3 Å². The predicted molar refractivity (Wildman–Crippen MR) is 61.8 cm³/mol. The number of nitrogens with zero attached hydrogens (tertiary/aromatic N) is 1. The Morgan fingerprint density at radius 1 is 1.47 bits per heavy atom. The molecule has 0 amide bonds. The van der Waals surface area contributed by atoms with Gasteiger partial charge in [0.15, 0.2) is 0 Å². The largest absolute Gasteiger partial charge is 0.382 e. The molecule has 0 aliphatic rings. The number of rotatable bonds is 7. The van der Waals surface area contributed by atoms with Crippen molar-refractivity contribution < 1.29 is 4.74 Å². The van der Waals surface area contributed by atoms with Crippen molar-refractivity contribution in [1.82, 2.24) is 10.3 Å². The van der Waals surface area contributed by atoms with E-state index < -0.39 is 0 Å². The molecule has 0 spiro atoms. The predicted octanol–water partition coefficient (Wildman–Crippen LogP) is 2.16. The molecule has 1 N–H and O–H groups in total. The highest BCUT2D eigenvalue weighted by molar-refractivity contribution is 5.07. The SMILES string of the molecule is CCOCCCN[C@H](C)c1ccccn1. The minimum atomic E-state index is 0.313. The Bertz CT molecular complexity index is 251. The summed E-state index contributed by atoms with van der Waals surface area (Å²) in [5, 5.41) is 3.42. The summed E-state index contributed by atoms with van der Waals surface area (Å²) in [7, 11) is 0. The Morgan fingerprint density at radius 3 is 3.00 bits per heavy atom. The summed E-state index contributed by atoms with van der Waals surface area (Å²) >= 11 is 0. The lowest BCUT2D eigenvalue weighted by atomic mass is 10.2. The van der Waals surface area contributed by atoms with Gasteiger partial charge >= 0.3 is 0 Å². The van der Waals surface area contributed by atoms with Crippen LogP contribution >= 0.6 is 0 Å². The van der Waals surface area contributed by atoms with Crippen LogP contribution in [0, 0.1) is 0 Å². The van der Waals surface area contributed by atoms with E-state index >= 15 is 0 Å². The van der Waals surface area contributed by atoms with E-state index in [1.165, 1.54) is 0 Å². The van der Waals surface area contributed by atoms with Crippen LogP contribution in [0.25, 0.3) is 0 Å². The molecule has 0 fully saturated rings. The maximum absolute atomic E-state index is 5.27. The highest BCUT2D eigenvalue weighted by Crippen LogP contribution is 2.07. The normalized spacial score (nSPS) is 12.7. The molecule has 3 heteroatoms. The van der Waals surface area contributed by atoms with Gasteiger partial charge in [0.1, 0.15) is 0 Å². The first-order chi connectivity index (χ1) is 7.34. The second-order valence-electron chi connectivity index (χ2n) is 3.48. The molecule has 1 heterocycles. The minimum Gasteiger partial charge on any atom is -0.382 e. The maximum atomic E-state index is 5.27. The maximum Gasteiger partial charge on any atom is 0.0570 e. The second kappa shape index (κ2) is 7.37. The van der Waals surface area contributed by atoms with Crippen molar-refractivity contribution in [3.8, 4) is 0 Å². The van der Waals surface area contributed by atoms with Crippen LogP contribution in [0.3, 0.4) is 0 Å². The van der Waals surface area contributed by atoms with Gasteiger partial charge in [-0.05, 0) is 38.9 Å². The van der Waals surface area contributed by atoms with E-state index in [0.717, 1.165) is 31.9 Å². The lowest BCUT2D eigenvalue weighted by Crippen LogP contribution is -2.21. The van der Waals surface area contributed by atoms with Crippen LogP contribution in [0.1, 0.15) is 32.0 Å². The molecule has 1 aromatic rings. The first kappa shape index (κ1) is 12.1. The average molecular weight is 208 g/mol. The zero-order chi connectivity index (χ0) is 10.9. The molecule has 84 valence electrons. The molecule has 3 nitrogen and oxygen atoms in total. The van der Waals surface area contributed by atoms with Crippen molar-refractivity contribution >= 4 is 0 Å². The molecule has 0 aliphatic heterocycles. The number of ether oxygens (including phenoxy) is 1. The first-order valence-electron chi connectivity index (χ1n) is 5.56. The van der Waals surface area contributed by atoms with Gasteiger partial charge in [-0.25, -0.2) is 0 Å². The molecule has 0 radical (unpaired) electrons. The van der Waals surface area contributed by atoms with E-state index in [-0.39, 0.29) is 0 Å². The molecule has 0 bridgehead atoms. The van der Waals surface area contributed by atoms with Crippen molar-refractivity contribution in [3.05, 3.63) is 30.1 Å². The standard InChI is InChI=1S/C12H20N2O/c1-3-15-10-6-9-13-11(2)12-7-4-5-8-14-12/h4-5,7-8,11,13H,3,6,9-10H2,1-2H3/t11-/m1/s1. The summed E-state index contributed by atoms with van der Waals surface area (Å²) in [6, 6.07) is 6.31. The van der Waals surface area contributed by atoms with Crippen molar-refractivity contribution in [1.29, 1.82) is 0 Å². The molecule has 0 aliphatic carbocycles.